The van der Waals surface area contributed by atoms with Gasteiger partial charge in [0.15, 0.2) is 0 Å². The van der Waals surface area contributed by atoms with E-state index in [2.05, 4.69) is 24.1 Å². The number of rotatable bonds is 6. The smallest absolute Gasteiger partial charge is 0.258 e. The fourth-order valence-electron chi connectivity index (χ4n) is 1.92. The maximum absolute atomic E-state index is 12.6. The van der Waals surface area contributed by atoms with Gasteiger partial charge in [-0.1, -0.05) is 26.0 Å². The molecule has 0 radical (unpaired) electrons. The highest BCUT2D eigenvalue weighted by atomic mass is 32.2. The number of aromatic nitrogens is 1. The number of para-hydroxylation sites is 2. The SMILES string of the molecule is CCOc1ccccc1NC(=O)c1cccnc1SC(C)C. The van der Waals surface area contributed by atoms with E-state index >= 15 is 0 Å². The zero-order valence-corrected chi connectivity index (χ0v) is 13.8. The van der Waals surface area contributed by atoms with Crippen molar-refractivity contribution in [2.24, 2.45) is 0 Å². The van der Waals surface area contributed by atoms with E-state index in [1.54, 1.807) is 30.1 Å². The lowest BCUT2D eigenvalue weighted by Crippen LogP contribution is -2.15. The van der Waals surface area contributed by atoms with Crippen LogP contribution in [0, 0.1) is 0 Å². The van der Waals surface area contributed by atoms with E-state index < -0.39 is 0 Å². The molecule has 0 aliphatic rings. The largest absolute Gasteiger partial charge is 0.492 e. The van der Waals surface area contributed by atoms with Crippen LogP contribution < -0.4 is 10.1 Å². The summed E-state index contributed by atoms with van der Waals surface area (Å²) in [6, 6.07) is 11.0. The van der Waals surface area contributed by atoms with Gasteiger partial charge < -0.3 is 10.1 Å². The molecule has 22 heavy (non-hydrogen) atoms. The summed E-state index contributed by atoms with van der Waals surface area (Å²) in [5.74, 6) is 0.490. The normalized spacial score (nSPS) is 10.5. The Bertz CT molecular complexity index is 644. The second kappa shape index (κ2) is 7.84. The Morgan fingerprint density at radius 1 is 1.27 bits per heavy atom. The van der Waals surface area contributed by atoms with Gasteiger partial charge in [0.05, 0.1) is 17.9 Å². The molecular weight excluding hydrogens is 296 g/mol. The maximum atomic E-state index is 12.6. The van der Waals surface area contributed by atoms with Crippen LogP contribution in [0.4, 0.5) is 5.69 Å². The third-order valence-corrected chi connectivity index (χ3v) is 3.82. The Morgan fingerprint density at radius 2 is 2.05 bits per heavy atom. The fraction of sp³-hybridized carbons (Fsp3) is 0.294. The molecule has 0 spiro atoms. The Kier molecular flexibility index (Phi) is 5.83. The quantitative estimate of drug-likeness (QED) is 0.810. The summed E-state index contributed by atoms with van der Waals surface area (Å²) < 4.78 is 5.53. The molecule has 2 aromatic rings. The summed E-state index contributed by atoms with van der Waals surface area (Å²) in [7, 11) is 0. The lowest BCUT2D eigenvalue weighted by atomic mass is 10.2. The number of carbonyl (C=O) groups excluding carboxylic acids is 1. The highest BCUT2D eigenvalue weighted by molar-refractivity contribution is 7.99. The number of thioether (sulfide) groups is 1. The van der Waals surface area contributed by atoms with Crippen LogP contribution in [0.5, 0.6) is 5.75 Å². The second-order valence-electron chi connectivity index (χ2n) is 4.91. The van der Waals surface area contributed by atoms with Gasteiger partial charge in [-0.15, -0.1) is 11.8 Å². The molecule has 5 heteroatoms. The van der Waals surface area contributed by atoms with Crippen molar-refractivity contribution < 1.29 is 9.53 Å². The molecule has 0 unspecified atom stereocenters. The maximum Gasteiger partial charge on any atom is 0.258 e. The summed E-state index contributed by atoms with van der Waals surface area (Å²) >= 11 is 1.58. The monoisotopic (exact) mass is 316 g/mol. The van der Waals surface area contributed by atoms with Crippen LogP contribution in [0.15, 0.2) is 47.6 Å². The third kappa shape index (κ3) is 4.24. The van der Waals surface area contributed by atoms with Crippen LogP contribution in [0.25, 0.3) is 0 Å². The molecule has 2 rings (SSSR count). The molecule has 0 aliphatic carbocycles. The van der Waals surface area contributed by atoms with E-state index in [0.717, 1.165) is 5.03 Å². The molecular formula is C17H20N2O2S. The van der Waals surface area contributed by atoms with Crippen molar-refractivity contribution in [2.45, 2.75) is 31.0 Å². The average molecular weight is 316 g/mol. The number of hydrogen-bond acceptors (Lipinski definition) is 4. The molecule has 1 heterocycles. The minimum absolute atomic E-state index is 0.177. The number of benzene rings is 1. The minimum atomic E-state index is -0.177. The van der Waals surface area contributed by atoms with Crippen LogP contribution >= 0.6 is 11.8 Å². The van der Waals surface area contributed by atoms with Crippen molar-refractivity contribution in [2.75, 3.05) is 11.9 Å². The minimum Gasteiger partial charge on any atom is -0.492 e. The fourth-order valence-corrected chi connectivity index (χ4v) is 2.78. The van der Waals surface area contributed by atoms with E-state index in [0.29, 0.717) is 28.9 Å². The molecule has 1 aromatic heterocycles. The number of hydrogen-bond donors (Lipinski definition) is 1. The summed E-state index contributed by atoms with van der Waals surface area (Å²) in [4.78, 5) is 16.9. The summed E-state index contributed by atoms with van der Waals surface area (Å²) in [6.45, 7) is 6.61. The summed E-state index contributed by atoms with van der Waals surface area (Å²) in [5, 5.41) is 4.01. The topological polar surface area (TPSA) is 51.2 Å². The van der Waals surface area contributed by atoms with Crippen molar-refractivity contribution in [3.63, 3.8) is 0 Å². The molecule has 0 saturated heterocycles. The van der Waals surface area contributed by atoms with Crippen LogP contribution in [0.1, 0.15) is 31.1 Å². The van der Waals surface area contributed by atoms with Gasteiger partial charge in [-0.25, -0.2) is 4.98 Å². The number of anilines is 1. The number of nitrogens with one attached hydrogen (secondary N) is 1. The van der Waals surface area contributed by atoms with Crippen LogP contribution in [0.2, 0.25) is 0 Å². The summed E-state index contributed by atoms with van der Waals surface area (Å²) in [6.07, 6.45) is 1.70. The molecule has 0 fully saturated rings. The highest BCUT2D eigenvalue weighted by Gasteiger charge is 2.15. The first-order valence-electron chi connectivity index (χ1n) is 7.26. The van der Waals surface area contributed by atoms with Gasteiger partial charge >= 0.3 is 0 Å². The van der Waals surface area contributed by atoms with Crippen molar-refractivity contribution in [3.8, 4) is 5.75 Å². The van der Waals surface area contributed by atoms with E-state index in [9.17, 15) is 4.79 Å². The van der Waals surface area contributed by atoms with Gasteiger partial charge in [-0.05, 0) is 31.2 Å². The molecule has 1 aromatic carbocycles. The molecule has 4 nitrogen and oxygen atoms in total. The van der Waals surface area contributed by atoms with Crippen molar-refractivity contribution in [1.82, 2.24) is 4.98 Å². The number of carbonyl (C=O) groups is 1. The van der Waals surface area contributed by atoms with Crippen LogP contribution in [0.3, 0.4) is 0 Å². The van der Waals surface area contributed by atoms with Crippen LogP contribution in [-0.4, -0.2) is 22.7 Å². The number of nitrogens with zero attached hydrogens (tertiary/aromatic N) is 1. The predicted octanol–water partition coefficient (Wildman–Crippen LogP) is 4.23. The molecule has 0 atom stereocenters. The first-order valence-corrected chi connectivity index (χ1v) is 8.14. The van der Waals surface area contributed by atoms with Gasteiger partial charge in [0.25, 0.3) is 5.91 Å². The first-order chi connectivity index (χ1) is 10.6. The van der Waals surface area contributed by atoms with E-state index in [4.69, 9.17) is 4.74 Å². The van der Waals surface area contributed by atoms with E-state index in [-0.39, 0.29) is 5.91 Å². The van der Waals surface area contributed by atoms with E-state index in [1.165, 1.54) is 0 Å². The van der Waals surface area contributed by atoms with Gasteiger partial charge in [-0.2, -0.15) is 0 Å². The average Bonchev–Trinajstić information content (AvgIpc) is 2.49. The van der Waals surface area contributed by atoms with Crippen molar-refractivity contribution >= 4 is 23.4 Å². The van der Waals surface area contributed by atoms with E-state index in [1.807, 2.05) is 31.2 Å². The zero-order chi connectivity index (χ0) is 15.9. The molecule has 0 aliphatic heterocycles. The predicted molar refractivity (Wildman–Crippen MR) is 90.8 cm³/mol. The lowest BCUT2D eigenvalue weighted by molar-refractivity contribution is 0.102. The number of amides is 1. The Hall–Kier alpha value is -2.01. The van der Waals surface area contributed by atoms with Gasteiger partial charge in [0, 0.05) is 11.4 Å². The molecule has 0 saturated carbocycles. The van der Waals surface area contributed by atoms with Crippen LogP contribution in [-0.2, 0) is 0 Å². The molecule has 0 bridgehead atoms. The Morgan fingerprint density at radius 3 is 2.77 bits per heavy atom. The number of pyridine rings is 1. The van der Waals surface area contributed by atoms with Crippen molar-refractivity contribution in [1.29, 1.82) is 0 Å². The van der Waals surface area contributed by atoms with Crippen molar-refractivity contribution in [3.05, 3.63) is 48.2 Å². The first kappa shape index (κ1) is 16.4. The highest BCUT2D eigenvalue weighted by Crippen LogP contribution is 2.27. The third-order valence-electron chi connectivity index (χ3n) is 2.80. The summed E-state index contributed by atoms with van der Waals surface area (Å²) in [5.41, 5.74) is 1.24. The molecule has 1 N–H and O–H groups in total. The van der Waals surface area contributed by atoms with Gasteiger partial charge in [-0.3, -0.25) is 4.79 Å². The van der Waals surface area contributed by atoms with Gasteiger partial charge in [0.2, 0.25) is 0 Å². The zero-order valence-electron chi connectivity index (χ0n) is 13.0. The molecule has 1 amide bonds. The number of ether oxygens (including phenoxy) is 1. The Balaban J connectivity index is 2.23. The molecule has 116 valence electrons. The Labute approximate surface area is 135 Å². The van der Waals surface area contributed by atoms with Gasteiger partial charge in [0.1, 0.15) is 10.8 Å². The standard InChI is InChI=1S/C17H20N2O2S/c1-4-21-15-10-6-5-9-14(15)19-16(20)13-8-7-11-18-17(13)22-12(2)3/h5-12H,4H2,1-3H3,(H,19,20). The lowest BCUT2D eigenvalue weighted by Gasteiger charge is -2.13. The second-order valence-corrected chi connectivity index (χ2v) is 6.47.